The van der Waals surface area contributed by atoms with Crippen LogP contribution >= 0.6 is 0 Å². The molecule has 2 heterocycles. The fourth-order valence-corrected chi connectivity index (χ4v) is 2.66. The first-order chi connectivity index (χ1) is 12.3. The number of nitrogens with zero attached hydrogens (tertiary/aromatic N) is 4. The van der Waals surface area contributed by atoms with Gasteiger partial charge in [-0.25, -0.2) is 9.97 Å². The molecule has 0 saturated heterocycles. The van der Waals surface area contributed by atoms with Crippen LogP contribution in [0.2, 0.25) is 0 Å². The highest BCUT2D eigenvalue weighted by atomic mass is 16.3. The Hall–Kier alpha value is -3.02. The smallest absolute Gasteiger partial charge is 0.260 e. The molecule has 1 N–H and O–H groups in total. The molecule has 0 aliphatic carbocycles. The van der Waals surface area contributed by atoms with E-state index in [4.69, 9.17) is 0 Å². The van der Waals surface area contributed by atoms with E-state index in [1.165, 1.54) is 10.1 Å². The first-order valence-electron chi connectivity index (χ1n) is 8.44. The lowest BCUT2D eigenvalue weighted by atomic mass is 9.87. The van der Waals surface area contributed by atoms with Crippen molar-refractivity contribution < 1.29 is 5.11 Å². The molecule has 26 heavy (non-hydrogen) atoms. The Balaban J connectivity index is 2.07. The average molecular weight is 350 g/mol. The van der Waals surface area contributed by atoms with E-state index in [-0.39, 0.29) is 28.2 Å². The number of benzene rings is 1. The molecule has 2 aromatic heterocycles. The lowest BCUT2D eigenvalue weighted by Gasteiger charge is -2.19. The molecule has 0 aliphatic heterocycles. The molecule has 0 spiro atoms. The minimum absolute atomic E-state index is 0.0646. The predicted molar refractivity (Wildman–Crippen MR) is 100 cm³/mol. The molecule has 0 atom stereocenters. The summed E-state index contributed by atoms with van der Waals surface area (Å²) in [6, 6.07) is 9.83. The number of rotatable bonds is 3. The van der Waals surface area contributed by atoms with Gasteiger partial charge < -0.3 is 5.11 Å². The standard InChI is InChI=1S/C20H22N4O2/c1-13-18(25)23-17(16-21-10-5-11-22-16)24(19(13)26)12-14-6-8-15(9-7-14)20(2,3)4/h5-11,25H,12H2,1-4H3. The minimum atomic E-state index is -0.306. The highest BCUT2D eigenvalue weighted by molar-refractivity contribution is 5.46. The first-order valence-corrected chi connectivity index (χ1v) is 8.44. The summed E-state index contributed by atoms with van der Waals surface area (Å²) in [6.07, 6.45) is 3.15. The monoisotopic (exact) mass is 350 g/mol. The molecule has 0 fully saturated rings. The van der Waals surface area contributed by atoms with Crippen molar-refractivity contribution in [2.75, 3.05) is 0 Å². The van der Waals surface area contributed by atoms with Crippen LogP contribution in [-0.2, 0) is 12.0 Å². The van der Waals surface area contributed by atoms with Gasteiger partial charge in [0.2, 0.25) is 5.88 Å². The van der Waals surface area contributed by atoms with Crippen LogP contribution in [0.25, 0.3) is 11.6 Å². The molecule has 0 aliphatic rings. The Morgan fingerprint density at radius 2 is 1.69 bits per heavy atom. The normalized spacial score (nSPS) is 11.5. The fourth-order valence-electron chi connectivity index (χ4n) is 2.66. The topological polar surface area (TPSA) is 80.9 Å². The van der Waals surface area contributed by atoms with Gasteiger partial charge >= 0.3 is 0 Å². The molecule has 0 bridgehead atoms. The Labute approximate surface area is 152 Å². The second-order valence-electron chi connectivity index (χ2n) is 7.29. The van der Waals surface area contributed by atoms with Crippen LogP contribution < -0.4 is 5.56 Å². The zero-order valence-corrected chi connectivity index (χ0v) is 15.4. The SMILES string of the molecule is Cc1c(O)nc(-c2ncccn2)n(Cc2ccc(C(C)(C)C)cc2)c1=O. The quantitative estimate of drug-likeness (QED) is 0.785. The van der Waals surface area contributed by atoms with E-state index in [1.54, 1.807) is 25.4 Å². The highest BCUT2D eigenvalue weighted by Gasteiger charge is 2.17. The number of aromatic nitrogens is 4. The second-order valence-corrected chi connectivity index (χ2v) is 7.29. The molecule has 134 valence electrons. The molecular formula is C20H22N4O2. The lowest BCUT2D eigenvalue weighted by Crippen LogP contribution is -2.26. The summed E-state index contributed by atoms with van der Waals surface area (Å²) < 4.78 is 1.50. The van der Waals surface area contributed by atoms with Crippen LogP contribution in [0.1, 0.15) is 37.5 Å². The maximum Gasteiger partial charge on any atom is 0.260 e. The van der Waals surface area contributed by atoms with Gasteiger partial charge in [0.1, 0.15) is 0 Å². The van der Waals surface area contributed by atoms with E-state index in [0.29, 0.717) is 12.4 Å². The van der Waals surface area contributed by atoms with Crippen molar-refractivity contribution >= 4 is 0 Å². The van der Waals surface area contributed by atoms with E-state index < -0.39 is 0 Å². The van der Waals surface area contributed by atoms with Crippen molar-refractivity contribution in [3.63, 3.8) is 0 Å². The van der Waals surface area contributed by atoms with Crippen molar-refractivity contribution in [1.29, 1.82) is 0 Å². The van der Waals surface area contributed by atoms with Gasteiger partial charge in [-0.1, -0.05) is 45.0 Å². The summed E-state index contributed by atoms with van der Waals surface area (Å²) in [7, 11) is 0. The van der Waals surface area contributed by atoms with Crippen molar-refractivity contribution in [2.45, 2.75) is 39.7 Å². The van der Waals surface area contributed by atoms with Gasteiger partial charge in [0.05, 0.1) is 12.1 Å². The summed E-state index contributed by atoms with van der Waals surface area (Å²) in [5.41, 5.74) is 2.15. The highest BCUT2D eigenvalue weighted by Crippen LogP contribution is 2.23. The summed E-state index contributed by atoms with van der Waals surface area (Å²) in [4.78, 5) is 25.2. The molecule has 1 aromatic carbocycles. The van der Waals surface area contributed by atoms with Crippen molar-refractivity contribution in [3.8, 4) is 17.5 Å². The average Bonchev–Trinajstić information content (AvgIpc) is 2.62. The third-order valence-corrected chi connectivity index (χ3v) is 4.30. The summed E-state index contributed by atoms with van der Waals surface area (Å²) in [5.74, 6) is 0.251. The fraction of sp³-hybridized carbons (Fsp3) is 0.300. The Bertz CT molecular complexity index is 972. The third kappa shape index (κ3) is 3.49. The zero-order valence-electron chi connectivity index (χ0n) is 15.4. The maximum atomic E-state index is 12.7. The number of hydrogen-bond donors (Lipinski definition) is 1. The Kier molecular flexibility index (Phi) is 4.59. The van der Waals surface area contributed by atoms with Crippen LogP contribution in [0.5, 0.6) is 5.88 Å². The molecule has 0 saturated carbocycles. The van der Waals surface area contributed by atoms with Crippen LogP contribution in [0, 0.1) is 6.92 Å². The van der Waals surface area contributed by atoms with Gasteiger partial charge in [0, 0.05) is 12.4 Å². The van der Waals surface area contributed by atoms with E-state index in [0.717, 1.165) is 5.56 Å². The van der Waals surface area contributed by atoms with Gasteiger partial charge in [-0.05, 0) is 29.5 Å². The van der Waals surface area contributed by atoms with Gasteiger partial charge in [-0.2, -0.15) is 4.98 Å². The van der Waals surface area contributed by atoms with Gasteiger partial charge in [0.25, 0.3) is 5.56 Å². The van der Waals surface area contributed by atoms with Gasteiger partial charge in [-0.15, -0.1) is 0 Å². The molecule has 0 radical (unpaired) electrons. The molecular weight excluding hydrogens is 328 g/mol. The van der Waals surface area contributed by atoms with E-state index in [2.05, 4.69) is 47.9 Å². The summed E-state index contributed by atoms with van der Waals surface area (Å²) in [6.45, 7) is 8.35. The van der Waals surface area contributed by atoms with Crippen LogP contribution in [-0.4, -0.2) is 24.6 Å². The van der Waals surface area contributed by atoms with Crippen LogP contribution in [0.15, 0.2) is 47.5 Å². The largest absolute Gasteiger partial charge is 0.493 e. The second kappa shape index (κ2) is 6.71. The Morgan fingerprint density at radius 1 is 1.08 bits per heavy atom. The number of hydrogen-bond acceptors (Lipinski definition) is 5. The molecule has 3 rings (SSSR count). The van der Waals surface area contributed by atoms with Crippen molar-refractivity contribution in [2.24, 2.45) is 0 Å². The van der Waals surface area contributed by atoms with E-state index in [1.807, 2.05) is 12.1 Å². The molecule has 0 unspecified atom stereocenters. The molecule has 3 aromatic rings. The zero-order chi connectivity index (χ0) is 18.9. The van der Waals surface area contributed by atoms with Gasteiger partial charge in [-0.3, -0.25) is 9.36 Å². The van der Waals surface area contributed by atoms with Crippen molar-refractivity contribution in [1.82, 2.24) is 19.5 Å². The number of aromatic hydroxyl groups is 1. The molecule has 0 amide bonds. The third-order valence-electron chi connectivity index (χ3n) is 4.30. The van der Waals surface area contributed by atoms with Gasteiger partial charge in [0.15, 0.2) is 11.6 Å². The van der Waals surface area contributed by atoms with Crippen LogP contribution in [0.3, 0.4) is 0 Å². The summed E-state index contributed by atoms with van der Waals surface area (Å²) >= 11 is 0. The predicted octanol–water partition coefficient (Wildman–Crippen LogP) is 3.06. The van der Waals surface area contributed by atoms with E-state index in [9.17, 15) is 9.90 Å². The molecule has 6 nitrogen and oxygen atoms in total. The van der Waals surface area contributed by atoms with Crippen LogP contribution in [0.4, 0.5) is 0 Å². The summed E-state index contributed by atoms with van der Waals surface area (Å²) in [5, 5.41) is 9.98. The first kappa shape index (κ1) is 17.8. The maximum absolute atomic E-state index is 12.7. The lowest BCUT2D eigenvalue weighted by molar-refractivity contribution is 0.442. The van der Waals surface area contributed by atoms with E-state index >= 15 is 0 Å². The minimum Gasteiger partial charge on any atom is -0.493 e. The van der Waals surface area contributed by atoms with Crippen molar-refractivity contribution in [3.05, 3.63) is 69.8 Å². The molecule has 6 heteroatoms. The Morgan fingerprint density at radius 3 is 2.27 bits per heavy atom.